The van der Waals surface area contributed by atoms with Gasteiger partial charge in [-0.05, 0) is 64.3 Å². The minimum Gasteiger partial charge on any atom is -0.369 e. The molecule has 0 amide bonds. The summed E-state index contributed by atoms with van der Waals surface area (Å²) in [6, 6.07) is 14.6. The van der Waals surface area contributed by atoms with Crippen molar-refractivity contribution >= 4 is 23.3 Å². The van der Waals surface area contributed by atoms with Crippen LogP contribution < -0.4 is 5.32 Å². The Morgan fingerprint density at radius 3 is 2.06 bits per heavy atom. The molecule has 9 heteroatoms. The molecule has 1 heterocycles. The Morgan fingerprint density at radius 1 is 0.969 bits per heavy atom. The zero-order valence-corrected chi connectivity index (χ0v) is 20.9. The highest BCUT2D eigenvalue weighted by molar-refractivity contribution is 7.89. The van der Waals surface area contributed by atoms with E-state index >= 15 is 0 Å². The minimum atomic E-state index is -3.65. The van der Waals surface area contributed by atoms with E-state index in [0.29, 0.717) is 12.8 Å². The van der Waals surface area contributed by atoms with Gasteiger partial charge in [0.25, 0.3) is 0 Å². The first-order valence-corrected chi connectivity index (χ1v) is 14.0. The Hall–Kier alpha value is -1.70. The van der Waals surface area contributed by atoms with Gasteiger partial charge in [-0.15, -0.1) is 0 Å². The van der Waals surface area contributed by atoms with Crippen molar-refractivity contribution in [2.75, 3.05) is 31.6 Å². The van der Waals surface area contributed by atoms with E-state index in [9.17, 15) is 13.0 Å². The number of benzene rings is 2. The van der Waals surface area contributed by atoms with Gasteiger partial charge in [0, 0.05) is 18.8 Å². The molecule has 32 heavy (non-hydrogen) atoms. The zero-order chi connectivity index (χ0) is 23.4. The van der Waals surface area contributed by atoms with Crippen molar-refractivity contribution in [1.29, 1.82) is 0 Å². The quantitative estimate of drug-likeness (QED) is 0.499. The van der Waals surface area contributed by atoms with Gasteiger partial charge in [0.2, 0.25) is 10.0 Å². The molecule has 0 aromatic heterocycles. The summed E-state index contributed by atoms with van der Waals surface area (Å²) < 4.78 is 53.3. The molecule has 0 saturated carbocycles. The van der Waals surface area contributed by atoms with Crippen LogP contribution in [0.15, 0.2) is 53.4 Å². The van der Waals surface area contributed by atoms with E-state index in [1.165, 1.54) is 4.31 Å². The van der Waals surface area contributed by atoms with Crippen LogP contribution in [0.4, 0.5) is 5.69 Å². The fourth-order valence-electron chi connectivity index (χ4n) is 4.01. The molecule has 2 aromatic carbocycles. The molecule has 0 spiro atoms. The van der Waals surface area contributed by atoms with Crippen LogP contribution in [-0.4, -0.2) is 44.3 Å². The molecule has 0 aliphatic carbocycles. The third-order valence-electron chi connectivity index (χ3n) is 5.84. The Morgan fingerprint density at radius 2 is 1.53 bits per heavy atom. The Labute approximate surface area is 191 Å². The number of hydrogen-bond donors (Lipinski definition) is 1. The van der Waals surface area contributed by atoms with Crippen molar-refractivity contribution in [3.05, 3.63) is 59.7 Å². The van der Waals surface area contributed by atoms with Crippen LogP contribution >= 0.6 is 7.60 Å². The zero-order valence-electron chi connectivity index (χ0n) is 19.2. The van der Waals surface area contributed by atoms with Gasteiger partial charge < -0.3 is 14.4 Å². The van der Waals surface area contributed by atoms with E-state index < -0.39 is 22.9 Å². The molecule has 0 atom stereocenters. The van der Waals surface area contributed by atoms with E-state index in [2.05, 4.69) is 5.32 Å². The summed E-state index contributed by atoms with van der Waals surface area (Å²) in [6.45, 7) is 8.34. The average Bonchev–Trinajstić information content (AvgIpc) is 2.76. The molecule has 176 valence electrons. The van der Waals surface area contributed by atoms with Crippen LogP contribution in [0.5, 0.6) is 0 Å². The number of aryl methyl sites for hydroxylation is 2. The maximum Gasteiger partial charge on any atom is 0.355 e. The molecule has 1 aliphatic heterocycles. The summed E-state index contributed by atoms with van der Waals surface area (Å²) in [7, 11) is -7.25. The van der Waals surface area contributed by atoms with Crippen LogP contribution in [0.3, 0.4) is 0 Å². The summed E-state index contributed by atoms with van der Waals surface area (Å²) in [5.74, 6) is 0. The molecule has 1 N–H and O–H groups in total. The van der Waals surface area contributed by atoms with Gasteiger partial charge in [-0.2, -0.15) is 4.31 Å². The Bertz CT molecular complexity index is 1050. The van der Waals surface area contributed by atoms with Crippen LogP contribution in [0.1, 0.15) is 37.8 Å². The first kappa shape index (κ1) is 24.9. The highest BCUT2D eigenvalue weighted by Gasteiger charge is 2.53. The molecule has 1 aliphatic rings. The summed E-state index contributed by atoms with van der Waals surface area (Å²) in [5.41, 5.74) is 2.83. The lowest BCUT2D eigenvalue weighted by Crippen LogP contribution is -2.51. The maximum absolute atomic E-state index is 14.0. The number of nitrogens with one attached hydrogen (secondary N) is 1. The van der Waals surface area contributed by atoms with Crippen LogP contribution in [0.25, 0.3) is 0 Å². The first-order valence-electron chi connectivity index (χ1n) is 11.0. The molecule has 2 aromatic rings. The van der Waals surface area contributed by atoms with Gasteiger partial charge in [0.15, 0.2) is 0 Å². The van der Waals surface area contributed by atoms with Gasteiger partial charge in [-0.25, -0.2) is 8.42 Å². The summed E-state index contributed by atoms with van der Waals surface area (Å²) in [5, 5.41) is 2.43. The monoisotopic (exact) mass is 480 g/mol. The SMILES string of the molecule is CCOP(=O)(OCC)C1(Nc2ccccc2C)CCN(S(=O)(=O)c2ccc(C)cc2)CC1. The molecule has 3 rings (SSSR count). The second kappa shape index (κ2) is 10.1. The fraction of sp³-hybridized carbons (Fsp3) is 0.478. The van der Waals surface area contributed by atoms with Gasteiger partial charge in [-0.1, -0.05) is 35.9 Å². The number of nitrogens with zero attached hydrogens (tertiary/aromatic N) is 1. The van der Waals surface area contributed by atoms with Crippen LogP contribution in [0, 0.1) is 13.8 Å². The van der Waals surface area contributed by atoms with Gasteiger partial charge >= 0.3 is 7.60 Å². The van der Waals surface area contributed by atoms with Crippen molar-refractivity contribution in [3.63, 3.8) is 0 Å². The first-order chi connectivity index (χ1) is 15.2. The maximum atomic E-state index is 14.0. The number of anilines is 1. The Balaban J connectivity index is 1.93. The van der Waals surface area contributed by atoms with Gasteiger partial charge in [0.05, 0.1) is 18.1 Å². The smallest absolute Gasteiger partial charge is 0.355 e. The molecular formula is C23H33N2O5PS. The van der Waals surface area contributed by atoms with Gasteiger partial charge in [-0.3, -0.25) is 4.57 Å². The van der Waals surface area contributed by atoms with Crippen molar-refractivity contribution in [1.82, 2.24) is 4.31 Å². The normalized spacial score (nSPS) is 17.2. The number of sulfonamides is 1. The summed E-state index contributed by atoms with van der Waals surface area (Å²) >= 11 is 0. The molecular weight excluding hydrogens is 447 g/mol. The molecule has 0 bridgehead atoms. The number of hydrogen-bond acceptors (Lipinski definition) is 6. The van der Waals surface area contributed by atoms with E-state index in [1.807, 2.05) is 38.1 Å². The lowest BCUT2D eigenvalue weighted by atomic mass is 10.0. The standard InChI is InChI=1S/C23H33N2O5PS/c1-5-29-31(26,30-6-2)23(24-22-10-8-7-9-20(22)4)15-17-25(18-16-23)32(27,28)21-13-11-19(3)12-14-21/h7-14,24H,5-6,15-18H2,1-4H3. The third kappa shape index (κ3) is 4.95. The predicted molar refractivity (Wildman–Crippen MR) is 128 cm³/mol. The lowest BCUT2D eigenvalue weighted by Gasteiger charge is -2.45. The van der Waals surface area contributed by atoms with Gasteiger partial charge in [0.1, 0.15) is 5.28 Å². The molecule has 1 fully saturated rings. The van der Waals surface area contributed by atoms with Crippen molar-refractivity contribution < 1.29 is 22.0 Å². The second-order valence-corrected chi connectivity index (χ2v) is 12.3. The topological polar surface area (TPSA) is 84.9 Å². The number of rotatable bonds is 9. The molecule has 7 nitrogen and oxygen atoms in total. The van der Waals surface area contributed by atoms with Crippen molar-refractivity contribution in [3.8, 4) is 0 Å². The molecule has 0 radical (unpaired) electrons. The van der Waals surface area contributed by atoms with Crippen molar-refractivity contribution in [2.24, 2.45) is 0 Å². The average molecular weight is 481 g/mol. The second-order valence-electron chi connectivity index (χ2n) is 8.02. The van der Waals surface area contributed by atoms with E-state index in [0.717, 1.165) is 16.8 Å². The molecule has 0 unspecified atom stereocenters. The number of para-hydroxylation sites is 1. The van der Waals surface area contributed by atoms with E-state index in [-0.39, 0.29) is 31.2 Å². The largest absolute Gasteiger partial charge is 0.369 e. The third-order valence-corrected chi connectivity index (χ3v) is 10.6. The predicted octanol–water partition coefficient (Wildman–Crippen LogP) is 5.16. The molecule has 1 saturated heterocycles. The van der Waals surface area contributed by atoms with Crippen molar-refractivity contribution in [2.45, 2.75) is 50.7 Å². The lowest BCUT2D eigenvalue weighted by molar-refractivity contribution is 0.179. The number of piperidine rings is 1. The van der Waals surface area contributed by atoms with Crippen LogP contribution in [0.2, 0.25) is 0 Å². The highest BCUT2D eigenvalue weighted by Crippen LogP contribution is 2.64. The van der Waals surface area contributed by atoms with Crippen LogP contribution in [-0.2, 0) is 23.6 Å². The highest BCUT2D eigenvalue weighted by atomic mass is 32.2. The fourth-order valence-corrected chi connectivity index (χ4v) is 7.71. The van der Waals surface area contributed by atoms with E-state index in [1.54, 1.807) is 38.1 Å². The van der Waals surface area contributed by atoms with E-state index in [4.69, 9.17) is 9.05 Å². The summed E-state index contributed by atoms with van der Waals surface area (Å²) in [4.78, 5) is 0.264. The minimum absolute atomic E-state index is 0.208. The summed E-state index contributed by atoms with van der Waals surface area (Å²) in [6.07, 6.45) is 0.591. The Kier molecular flexibility index (Phi) is 7.84.